The van der Waals surface area contributed by atoms with E-state index in [1.54, 1.807) is 0 Å². The van der Waals surface area contributed by atoms with E-state index in [0.29, 0.717) is 0 Å². The summed E-state index contributed by atoms with van der Waals surface area (Å²) in [5, 5.41) is 0. The zero-order chi connectivity index (χ0) is 21.1. The molecule has 6 aliphatic heterocycles. The van der Waals surface area contributed by atoms with E-state index >= 15 is 0 Å². The first-order chi connectivity index (χ1) is 14.6. The molecule has 30 heavy (non-hydrogen) atoms. The SMILES string of the molecule is [CH3][Sn]12[S]CCCN(CCC[S]1)CCC[S][Sn]1([CH3])[S]CCCN(CCC[S]1)CCC[S]2. The van der Waals surface area contributed by atoms with Gasteiger partial charge in [0.25, 0.3) is 0 Å². The van der Waals surface area contributed by atoms with Crippen LogP contribution in [-0.2, 0) is 0 Å². The molecule has 0 amide bonds. The first kappa shape index (κ1) is 28.2. The van der Waals surface area contributed by atoms with Crippen molar-refractivity contribution in [3.05, 3.63) is 0 Å². The molecule has 0 spiro atoms. The first-order valence-electron chi connectivity index (χ1n) is 11.9. The van der Waals surface area contributed by atoms with Gasteiger partial charge < -0.3 is 0 Å². The molecule has 4 bridgehead atoms. The van der Waals surface area contributed by atoms with Crippen molar-refractivity contribution in [3.8, 4) is 0 Å². The van der Waals surface area contributed by atoms with Crippen LogP contribution in [0.2, 0.25) is 9.88 Å². The Hall–Kier alpha value is 3.62. The van der Waals surface area contributed by atoms with Crippen LogP contribution in [0.4, 0.5) is 0 Å². The number of hydrogen-bond donors (Lipinski definition) is 0. The maximum absolute atomic E-state index is 2.81. The van der Waals surface area contributed by atoms with Gasteiger partial charge in [-0.25, -0.2) is 0 Å². The molecule has 6 heterocycles. The predicted molar refractivity (Wildman–Crippen MR) is 159 cm³/mol. The molecule has 6 fully saturated rings. The molecule has 0 atom stereocenters. The van der Waals surface area contributed by atoms with Gasteiger partial charge in [-0.2, -0.15) is 0 Å². The van der Waals surface area contributed by atoms with Crippen LogP contribution in [0.1, 0.15) is 38.5 Å². The summed E-state index contributed by atoms with van der Waals surface area (Å²) in [4.78, 5) is 11.1. The normalized spacial score (nSPS) is 39.4. The molecule has 10 heteroatoms. The summed E-state index contributed by atoms with van der Waals surface area (Å²) in [5.74, 6) is 8.53. The third-order valence-electron chi connectivity index (χ3n) is 5.90. The Labute approximate surface area is 211 Å². The van der Waals surface area contributed by atoms with Crippen LogP contribution < -0.4 is 0 Å². The molecule has 0 unspecified atom stereocenters. The molecule has 0 aromatic heterocycles. The standard InChI is InChI=1S/2C9H21NS3.2CH3.2Sn/c2*11-7-1-4-10(5-2-8-12)6-3-9-13;;;;/h2*11-13H,1-9H2;2*1H3;;/q;;;;2*+3/p-6. The molecule has 2 nitrogen and oxygen atoms in total. The molecule has 0 aromatic rings. The topological polar surface area (TPSA) is 6.48 Å². The quantitative estimate of drug-likeness (QED) is 0.257. The number of nitrogens with zero attached hydrogens (tertiary/aromatic N) is 2. The molecule has 176 valence electrons. The maximum atomic E-state index is 2.81. The average molecular weight is 740 g/mol. The fraction of sp³-hybridized carbons (Fsp3) is 1.00. The Morgan fingerprint density at radius 3 is 0.800 bits per heavy atom. The van der Waals surface area contributed by atoms with E-state index < -0.39 is 28.5 Å². The van der Waals surface area contributed by atoms with E-state index in [1.165, 1.54) is 112 Å². The van der Waals surface area contributed by atoms with Gasteiger partial charge in [-0.15, -0.1) is 0 Å². The summed E-state index contributed by atoms with van der Waals surface area (Å²) in [6.07, 6.45) is 8.51. The molecule has 0 aromatic carbocycles. The summed E-state index contributed by atoms with van der Waals surface area (Å²) >= 11 is -4.11. The van der Waals surface area contributed by atoms with Crippen LogP contribution in [0, 0.1) is 0 Å². The molecule has 0 saturated carbocycles. The summed E-state index contributed by atoms with van der Waals surface area (Å²) in [6.45, 7) is 8.12. The summed E-state index contributed by atoms with van der Waals surface area (Å²) < 4.78 is 0. The third kappa shape index (κ3) is 11.1. The Morgan fingerprint density at radius 1 is 0.400 bits per heavy atom. The Morgan fingerprint density at radius 2 is 0.600 bits per heavy atom. The second kappa shape index (κ2) is 15.7. The third-order valence-corrected chi connectivity index (χ3v) is 77.9. The van der Waals surface area contributed by atoms with Crippen LogP contribution >= 0.6 is 53.7 Å². The molecule has 0 N–H and O–H groups in total. The van der Waals surface area contributed by atoms with E-state index in [2.05, 4.69) is 73.4 Å². The van der Waals surface area contributed by atoms with Gasteiger partial charge in [0.05, 0.1) is 0 Å². The molecular weight excluding hydrogens is 698 g/mol. The van der Waals surface area contributed by atoms with Gasteiger partial charge in [0.1, 0.15) is 0 Å². The van der Waals surface area contributed by atoms with Crippen molar-refractivity contribution in [2.75, 3.05) is 73.8 Å². The fourth-order valence-electron chi connectivity index (χ4n) is 4.20. The number of rotatable bonds is 0. The van der Waals surface area contributed by atoms with Gasteiger partial charge in [0, 0.05) is 0 Å². The molecule has 6 rings (SSSR count). The molecule has 0 radical (unpaired) electrons. The zero-order valence-electron chi connectivity index (χ0n) is 19.1. The summed E-state index contributed by atoms with van der Waals surface area (Å²) in [6, 6.07) is 0. The first-order valence-corrected chi connectivity index (χ1v) is 44.4. The van der Waals surface area contributed by atoms with E-state index in [1.807, 2.05) is 0 Å². The minimum atomic E-state index is -2.05. The van der Waals surface area contributed by atoms with Gasteiger partial charge in [0.2, 0.25) is 0 Å². The molecule has 0 aliphatic carbocycles. The molecule has 6 aliphatic rings. The van der Waals surface area contributed by atoms with Gasteiger partial charge in [-0.1, -0.05) is 0 Å². The van der Waals surface area contributed by atoms with Crippen LogP contribution in [0.15, 0.2) is 0 Å². The van der Waals surface area contributed by atoms with Crippen molar-refractivity contribution in [2.24, 2.45) is 0 Å². The van der Waals surface area contributed by atoms with Crippen LogP contribution in [0.5, 0.6) is 0 Å². The average Bonchev–Trinajstić information content (AvgIpc) is 2.73. The van der Waals surface area contributed by atoms with Crippen molar-refractivity contribution in [3.63, 3.8) is 0 Å². The van der Waals surface area contributed by atoms with E-state index in [9.17, 15) is 0 Å². The van der Waals surface area contributed by atoms with Crippen molar-refractivity contribution < 1.29 is 0 Å². The minimum absolute atomic E-state index is 1.35. The van der Waals surface area contributed by atoms with Crippen LogP contribution in [0.25, 0.3) is 0 Å². The molecular formula is C20H42N2S6Sn2. The van der Waals surface area contributed by atoms with Gasteiger partial charge >= 0.3 is 214 Å². The predicted octanol–water partition coefficient (Wildman–Crippen LogP) is 6.51. The Balaban J connectivity index is 1.62. The second-order valence-corrected chi connectivity index (χ2v) is 80.7. The molecule has 6 saturated heterocycles. The second-order valence-electron chi connectivity index (χ2n) is 8.62. The summed E-state index contributed by atoms with van der Waals surface area (Å²) in [7, 11) is 14.7. The van der Waals surface area contributed by atoms with E-state index in [0.717, 1.165) is 0 Å². The number of hydrogen-bond acceptors (Lipinski definition) is 8. The summed E-state index contributed by atoms with van der Waals surface area (Å²) in [5.41, 5.74) is 0. The van der Waals surface area contributed by atoms with Crippen molar-refractivity contribution in [1.29, 1.82) is 0 Å². The van der Waals surface area contributed by atoms with Gasteiger partial charge in [-0.3, -0.25) is 0 Å². The van der Waals surface area contributed by atoms with Gasteiger partial charge in [-0.05, 0) is 0 Å². The Bertz CT molecular complexity index is 424. The monoisotopic (exact) mass is 742 g/mol. The zero-order valence-corrected chi connectivity index (χ0v) is 29.7. The Kier molecular flexibility index (Phi) is 14.7. The van der Waals surface area contributed by atoms with E-state index in [-0.39, 0.29) is 0 Å². The van der Waals surface area contributed by atoms with Crippen molar-refractivity contribution in [2.45, 2.75) is 48.4 Å². The van der Waals surface area contributed by atoms with Crippen LogP contribution in [-0.4, -0.2) is 112 Å². The van der Waals surface area contributed by atoms with Crippen molar-refractivity contribution >= 4 is 82.1 Å². The van der Waals surface area contributed by atoms with Crippen LogP contribution in [0.3, 0.4) is 0 Å². The van der Waals surface area contributed by atoms with Crippen molar-refractivity contribution in [1.82, 2.24) is 9.80 Å². The fourth-order valence-corrected chi connectivity index (χ4v) is 69.5. The van der Waals surface area contributed by atoms with E-state index in [4.69, 9.17) is 0 Å². The van der Waals surface area contributed by atoms with Gasteiger partial charge in [0.15, 0.2) is 0 Å².